The number of nitro groups is 1. The fourth-order valence-electron chi connectivity index (χ4n) is 4.15. The minimum atomic E-state index is -4.12. The third kappa shape index (κ3) is 3.57. The van der Waals surface area contributed by atoms with Crippen LogP contribution in [0.4, 0.5) is 16.4 Å². The number of rotatable bonds is 5. The first-order valence-electron chi connectivity index (χ1n) is 10.3. The standard InChI is InChI=1S/C22H18N4O7S/c27-21(19-8-9-20(33-19)26(29)30)24-11-10-15-12-16(6-7-18(15)24)34(31,32)25-13-17(23-22(25)28)14-4-2-1-3-5-14/h1-9,12,17H,10-11,13H2,(H,23,28)/t17-/m1/s1. The highest BCUT2D eigenvalue weighted by molar-refractivity contribution is 7.89. The molecule has 0 unspecified atom stereocenters. The summed E-state index contributed by atoms with van der Waals surface area (Å²) in [4.78, 5) is 36.7. The van der Waals surface area contributed by atoms with Gasteiger partial charge in [-0.15, -0.1) is 0 Å². The quantitative estimate of drug-likeness (QED) is 0.435. The van der Waals surface area contributed by atoms with Crippen molar-refractivity contribution in [1.29, 1.82) is 0 Å². The molecule has 0 spiro atoms. The third-order valence-corrected chi connectivity index (χ3v) is 7.58. The number of carbonyl (C=O) groups is 2. The third-order valence-electron chi connectivity index (χ3n) is 5.84. The molecule has 3 heterocycles. The number of urea groups is 1. The van der Waals surface area contributed by atoms with Gasteiger partial charge in [-0.1, -0.05) is 30.3 Å². The molecule has 1 atom stereocenters. The normalized spacial score (nSPS) is 17.5. The summed E-state index contributed by atoms with van der Waals surface area (Å²) in [7, 11) is -4.12. The molecule has 5 rings (SSSR count). The van der Waals surface area contributed by atoms with Gasteiger partial charge in [0.2, 0.25) is 0 Å². The van der Waals surface area contributed by atoms with Crippen LogP contribution in [0.1, 0.15) is 27.7 Å². The van der Waals surface area contributed by atoms with Crippen LogP contribution in [0.3, 0.4) is 0 Å². The summed E-state index contributed by atoms with van der Waals surface area (Å²) in [5, 5.41) is 13.5. The molecule has 0 aliphatic carbocycles. The molecule has 1 fully saturated rings. The maximum Gasteiger partial charge on any atom is 0.433 e. The zero-order valence-electron chi connectivity index (χ0n) is 17.6. The van der Waals surface area contributed by atoms with Gasteiger partial charge in [-0.3, -0.25) is 14.9 Å². The molecule has 2 aromatic carbocycles. The topological polar surface area (TPSA) is 143 Å². The maximum absolute atomic E-state index is 13.2. The molecule has 2 aliphatic rings. The van der Waals surface area contributed by atoms with Gasteiger partial charge in [-0.25, -0.2) is 17.5 Å². The SMILES string of the molecule is O=C(c1ccc([N+](=O)[O-])o1)N1CCc2cc(S(=O)(=O)N3C[C@H](c4ccccc4)NC3=O)ccc21. The van der Waals surface area contributed by atoms with Crippen LogP contribution in [0.5, 0.6) is 0 Å². The Kier molecular flexibility index (Phi) is 5.09. The largest absolute Gasteiger partial charge is 0.433 e. The smallest absolute Gasteiger partial charge is 0.395 e. The number of carbonyl (C=O) groups excluding carboxylic acids is 2. The van der Waals surface area contributed by atoms with Gasteiger partial charge in [-0.05, 0) is 41.8 Å². The number of anilines is 1. The molecule has 2 aliphatic heterocycles. The number of fused-ring (bicyclic) bond motifs is 1. The second-order valence-electron chi connectivity index (χ2n) is 7.84. The molecular formula is C22H18N4O7S. The minimum Gasteiger partial charge on any atom is -0.395 e. The molecule has 11 nitrogen and oxygen atoms in total. The van der Waals surface area contributed by atoms with Gasteiger partial charge in [-0.2, -0.15) is 0 Å². The average Bonchev–Trinajstić information content (AvgIpc) is 3.57. The number of hydrogen-bond donors (Lipinski definition) is 1. The van der Waals surface area contributed by atoms with Gasteiger partial charge >= 0.3 is 11.9 Å². The lowest BCUT2D eigenvalue weighted by molar-refractivity contribution is -0.402. The molecule has 1 N–H and O–H groups in total. The fourth-order valence-corrected chi connectivity index (χ4v) is 5.55. The van der Waals surface area contributed by atoms with Crippen LogP contribution in [0.25, 0.3) is 0 Å². The van der Waals surface area contributed by atoms with E-state index in [1.165, 1.54) is 29.2 Å². The number of hydrogen-bond acceptors (Lipinski definition) is 7. The molecule has 3 amide bonds. The van der Waals surface area contributed by atoms with Gasteiger partial charge in [0.1, 0.15) is 4.92 Å². The Balaban J connectivity index is 1.38. The van der Waals surface area contributed by atoms with Crippen LogP contribution in [0.15, 0.2) is 70.0 Å². The predicted molar refractivity (Wildman–Crippen MR) is 119 cm³/mol. The van der Waals surface area contributed by atoms with Crippen molar-refractivity contribution in [3.8, 4) is 0 Å². The Morgan fingerprint density at radius 1 is 1.12 bits per heavy atom. The summed E-state index contributed by atoms with van der Waals surface area (Å²) in [5.41, 5.74) is 1.89. The van der Waals surface area contributed by atoms with Gasteiger partial charge in [0, 0.05) is 12.2 Å². The van der Waals surface area contributed by atoms with E-state index in [1.807, 2.05) is 30.3 Å². The Morgan fingerprint density at radius 2 is 1.88 bits per heavy atom. The first kappa shape index (κ1) is 21.6. The molecule has 12 heteroatoms. The fraction of sp³-hybridized carbons (Fsp3) is 0.182. The summed E-state index contributed by atoms with van der Waals surface area (Å²) < 4.78 is 32.3. The molecule has 3 aromatic rings. The van der Waals surface area contributed by atoms with Crippen LogP contribution in [0.2, 0.25) is 0 Å². The van der Waals surface area contributed by atoms with Crippen molar-refractivity contribution in [3.05, 3.63) is 87.7 Å². The maximum atomic E-state index is 13.2. The zero-order valence-corrected chi connectivity index (χ0v) is 18.4. The lowest BCUT2D eigenvalue weighted by Crippen LogP contribution is -2.34. The molecule has 174 valence electrons. The van der Waals surface area contributed by atoms with Crippen LogP contribution < -0.4 is 10.2 Å². The summed E-state index contributed by atoms with van der Waals surface area (Å²) >= 11 is 0. The first-order valence-corrected chi connectivity index (χ1v) is 11.8. The van der Waals surface area contributed by atoms with E-state index >= 15 is 0 Å². The summed E-state index contributed by atoms with van der Waals surface area (Å²) in [6.45, 7) is 0.219. The van der Waals surface area contributed by atoms with Crippen molar-refractivity contribution in [2.45, 2.75) is 17.4 Å². The Labute approximate surface area is 193 Å². The number of nitrogens with zero attached hydrogens (tertiary/aromatic N) is 3. The number of benzene rings is 2. The van der Waals surface area contributed by atoms with Crippen LogP contribution >= 0.6 is 0 Å². The Hall–Kier alpha value is -4.19. The van der Waals surface area contributed by atoms with E-state index in [4.69, 9.17) is 4.42 Å². The van der Waals surface area contributed by atoms with Crippen molar-refractivity contribution in [2.24, 2.45) is 0 Å². The molecule has 0 saturated carbocycles. The van der Waals surface area contributed by atoms with Crippen LogP contribution in [0, 0.1) is 10.1 Å². The minimum absolute atomic E-state index is 0.0376. The second kappa shape index (κ2) is 7.99. The number of nitrogens with one attached hydrogen (secondary N) is 1. The van der Waals surface area contributed by atoms with E-state index in [0.717, 1.165) is 15.9 Å². The molecule has 0 radical (unpaired) electrons. The van der Waals surface area contributed by atoms with Crippen LogP contribution in [-0.4, -0.2) is 42.7 Å². The van der Waals surface area contributed by atoms with E-state index in [9.17, 15) is 28.1 Å². The number of furan rings is 1. The van der Waals surface area contributed by atoms with Gasteiger partial charge in [0.15, 0.2) is 5.76 Å². The van der Waals surface area contributed by atoms with E-state index in [2.05, 4.69) is 5.32 Å². The highest BCUT2D eigenvalue weighted by atomic mass is 32.2. The van der Waals surface area contributed by atoms with E-state index < -0.39 is 38.8 Å². The van der Waals surface area contributed by atoms with Gasteiger partial charge in [0.25, 0.3) is 15.9 Å². The number of sulfonamides is 1. The summed E-state index contributed by atoms with van der Waals surface area (Å²) in [6, 6.07) is 14.5. The summed E-state index contributed by atoms with van der Waals surface area (Å²) in [5.74, 6) is -1.29. The molecular weight excluding hydrogens is 464 g/mol. The van der Waals surface area contributed by atoms with Crippen molar-refractivity contribution < 1.29 is 27.3 Å². The van der Waals surface area contributed by atoms with Gasteiger partial charge in [0.05, 0.1) is 23.5 Å². The van der Waals surface area contributed by atoms with E-state index in [1.54, 1.807) is 0 Å². The molecule has 1 saturated heterocycles. The first-order chi connectivity index (χ1) is 16.3. The van der Waals surface area contributed by atoms with Crippen LogP contribution in [-0.2, 0) is 16.4 Å². The van der Waals surface area contributed by atoms with Crippen molar-refractivity contribution in [3.63, 3.8) is 0 Å². The molecule has 34 heavy (non-hydrogen) atoms. The summed E-state index contributed by atoms with van der Waals surface area (Å²) in [6.07, 6.45) is 0.381. The lowest BCUT2D eigenvalue weighted by atomic mass is 10.1. The Morgan fingerprint density at radius 3 is 2.59 bits per heavy atom. The lowest BCUT2D eigenvalue weighted by Gasteiger charge is -2.18. The van der Waals surface area contributed by atoms with Gasteiger partial charge < -0.3 is 14.6 Å². The van der Waals surface area contributed by atoms with Crippen molar-refractivity contribution >= 4 is 33.5 Å². The zero-order chi connectivity index (χ0) is 24.0. The van der Waals surface area contributed by atoms with E-state index in [-0.39, 0.29) is 23.7 Å². The van der Waals surface area contributed by atoms with E-state index in [0.29, 0.717) is 17.7 Å². The number of amides is 3. The highest BCUT2D eigenvalue weighted by Crippen LogP contribution is 2.34. The van der Waals surface area contributed by atoms with Crippen molar-refractivity contribution in [1.82, 2.24) is 9.62 Å². The molecule has 0 bridgehead atoms. The monoisotopic (exact) mass is 482 g/mol. The highest BCUT2D eigenvalue weighted by Gasteiger charge is 2.39. The second-order valence-corrected chi connectivity index (χ2v) is 9.70. The average molecular weight is 482 g/mol. The predicted octanol–water partition coefficient (Wildman–Crippen LogP) is 2.85. The molecule has 1 aromatic heterocycles. The Bertz CT molecular complexity index is 1420. The van der Waals surface area contributed by atoms with Crippen molar-refractivity contribution in [2.75, 3.05) is 18.0 Å².